The van der Waals surface area contributed by atoms with E-state index in [2.05, 4.69) is 20.2 Å². The maximum absolute atomic E-state index is 12.9. The molecule has 2 heterocycles. The topological polar surface area (TPSA) is 67.3 Å². The van der Waals surface area contributed by atoms with Crippen LogP contribution in [0.4, 0.5) is 5.95 Å². The van der Waals surface area contributed by atoms with Gasteiger partial charge in [-0.25, -0.2) is 9.97 Å². The molecule has 0 radical (unpaired) electrons. The number of carbonyl (C=O) groups is 1. The molecule has 132 valence electrons. The molecule has 25 heavy (non-hydrogen) atoms. The van der Waals surface area contributed by atoms with Gasteiger partial charge in [-0.3, -0.25) is 4.79 Å². The maximum Gasteiger partial charge on any atom is 0.256 e. The monoisotopic (exact) mass is 340 g/mol. The van der Waals surface area contributed by atoms with Gasteiger partial charge in [-0.05, 0) is 31.4 Å². The highest BCUT2D eigenvalue weighted by Crippen LogP contribution is 2.25. The number of nitrogens with one attached hydrogen (secondary N) is 1. The highest BCUT2D eigenvalue weighted by atomic mass is 16.5. The molecule has 0 bridgehead atoms. The molecule has 1 aromatic carbocycles. The van der Waals surface area contributed by atoms with E-state index in [1.807, 2.05) is 30.3 Å². The smallest absolute Gasteiger partial charge is 0.256 e. The van der Waals surface area contributed by atoms with Gasteiger partial charge < -0.3 is 15.0 Å². The van der Waals surface area contributed by atoms with Gasteiger partial charge in [0.15, 0.2) is 5.60 Å². The average molecular weight is 340 g/mol. The molecule has 2 aromatic rings. The van der Waals surface area contributed by atoms with Crippen LogP contribution in [0.2, 0.25) is 0 Å². The van der Waals surface area contributed by atoms with E-state index in [-0.39, 0.29) is 11.9 Å². The van der Waals surface area contributed by atoms with Crippen molar-refractivity contribution < 1.29 is 9.53 Å². The number of benzene rings is 1. The highest BCUT2D eigenvalue weighted by molar-refractivity contribution is 5.86. The van der Waals surface area contributed by atoms with Crippen molar-refractivity contribution in [2.75, 3.05) is 25.1 Å². The fraction of sp³-hybridized carbons (Fsp3) is 0.421. The minimum atomic E-state index is -1.01. The molecule has 1 aliphatic rings. The van der Waals surface area contributed by atoms with Crippen LogP contribution in [0.15, 0.2) is 48.8 Å². The summed E-state index contributed by atoms with van der Waals surface area (Å²) in [4.78, 5) is 23.6. The van der Waals surface area contributed by atoms with Crippen LogP contribution < -0.4 is 10.2 Å². The van der Waals surface area contributed by atoms with Crippen molar-refractivity contribution in [2.24, 2.45) is 0 Å². The van der Waals surface area contributed by atoms with E-state index in [1.54, 1.807) is 32.5 Å². The number of carbonyl (C=O) groups excluding carboxylic acids is 1. The number of aromatic nitrogens is 2. The summed E-state index contributed by atoms with van der Waals surface area (Å²) >= 11 is 0. The number of nitrogens with zero attached hydrogens (tertiary/aromatic N) is 3. The van der Waals surface area contributed by atoms with Gasteiger partial charge in [0.2, 0.25) is 5.95 Å². The quantitative estimate of drug-likeness (QED) is 0.903. The Balaban J connectivity index is 1.69. The Morgan fingerprint density at radius 3 is 2.64 bits per heavy atom. The van der Waals surface area contributed by atoms with Gasteiger partial charge in [0.1, 0.15) is 0 Å². The third-order valence-corrected chi connectivity index (χ3v) is 4.76. The van der Waals surface area contributed by atoms with Crippen molar-refractivity contribution in [3.05, 3.63) is 54.4 Å². The molecule has 2 atom stereocenters. The number of rotatable bonds is 5. The van der Waals surface area contributed by atoms with Crippen LogP contribution in [0.1, 0.15) is 25.3 Å². The van der Waals surface area contributed by atoms with E-state index in [9.17, 15) is 4.79 Å². The van der Waals surface area contributed by atoms with Crippen LogP contribution in [0.3, 0.4) is 0 Å². The van der Waals surface area contributed by atoms with Crippen molar-refractivity contribution in [3.8, 4) is 0 Å². The van der Waals surface area contributed by atoms with Gasteiger partial charge in [-0.1, -0.05) is 30.3 Å². The summed E-state index contributed by atoms with van der Waals surface area (Å²) in [6.07, 6.45) is 5.39. The lowest BCUT2D eigenvalue weighted by Crippen LogP contribution is -2.53. The number of anilines is 1. The fourth-order valence-electron chi connectivity index (χ4n) is 3.15. The molecule has 2 unspecified atom stereocenters. The summed E-state index contributed by atoms with van der Waals surface area (Å²) in [6, 6.07) is 11.4. The molecular weight excluding hydrogens is 316 g/mol. The summed E-state index contributed by atoms with van der Waals surface area (Å²) in [5.74, 6) is 0.584. The third kappa shape index (κ3) is 3.79. The largest absolute Gasteiger partial charge is 0.364 e. The summed E-state index contributed by atoms with van der Waals surface area (Å²) in [5.41, 5.74) is -0.165. The SMILES string of the molecule is COC(C)(C(=O)NC1CCCN(c2ncccn2)C1)c1ccccc1. The Hall–Kier alpha value is -2.47. The predicted octanol–water partition coefficient (Wildman–Crippen LogP) is 2.12. The van der Waals surface area contributed by atoms with Gasteiger partial charge in [-0.2, -0.15) is 0 Å². The molecule has 0 spiro atoms. The van der Waals surface area contributed by atoms with E-state index in [4.69, 9.17) is 4.74 Å². The van der Waals surface area contributed by atoms with Gasteiger partial charge in [-0.15, -0.1) is 0 Å². The summed E-state index contributed by atoms with van der Waals surface area (Å²) < 4.78 is 5.59. The lowest BCUT2D eigenvalue weighted by molar-refractivity contribution is -0.143. The first-order valence-corrected chi connectivity index (χ1v) is 8.57. The molecule has 6 nitrogen and oxygen atoms in total. The van der Waals surface area contributed by atoms with Gasteiger partial charge in [0.05, 0.1) is 0 Å². The number of amides is 1. The summed E-state index contributed by atoms with van der Waals surface area (Å²) in [6.45, 7) is 3.40. The third-order valence-electron chi connectivity index (χ3n) is 4.76. The molecule has 1 N–H and O–H groups in total. The molecule has 1 fully saturated rings. The van der Waals surface area contributed by atoms with Crippen LogP contribution in [0, 0.1) is 0 Å². The van der Waals surface area contributed by atoms with Crippen LogP contribution in [0.25, 0.3) is 0 Å². The second-order valence-electron chi connectivity index (χ2n) is 6.41. The second-order valence-corrected chi connectivity index (χ2v) is 6.41. The van der Waals surface area contributed by atoms with E-state index >= 15 is 0 Å². The van der Waals surface area contributed by atoms with Gasteiger partial charge in [0.25, 0.3) is 5.91 Å². The minimum Gasteiger partial charge on any atom is -0.364 e. The molecular formula is C19H24N4O2. The van der Waals surface area contributed by atoms with Crippen LogP contribution in [0.5, 0.6) is 0 Å². The lowest BCUT2D eigenvalue weighted by Gasteiger charge is -2.35. The van der Waals surface area contributed by atoms with E-state index in [0.717, 1.165) is 24.9 Å². The molecule has 3 rings (SSSR count). The molecule has 1 amide bonds. The Morgan fingerprint density at radius 2 is 1.96 bits per heavy atom. The minimum absolute atomic E-state index is 0.0447. The number of hydrogen-bond acceptors (Lipinski definition) is 5. The van der Waals surface area contributed by atoms with E-state index < -0.39 is 5.60 Å². The average Bonchev–Trinajstić information content (AvgIpc) is 2.69. The molecule has 6 heteroatoms. The Kier molecular flexibility index (Phi) is 5.28. The first-order chi connectivity index (χ1) is 12.1. The molecule has 0 aliphatic carbocycles. The summed E-state index contributed by atoms with van der Waals surface area (Å²) in [7, 11) is 1.57. The Bertz CT molecular complexity index is 695. The zero-order chi connectivity index (χ0) is 17.7. The standard InChI is InChI=1S/C19H24N4O2/c1-19(25-2,15-8-4-3-5-9-15)17(24)22-16-10-6-13-23(14-16)18-20-11-7-12-21-18/h3-5,7-9,11-12,16H,6,10,13-14H2,1-2H3,(H,22,24). The number of hydrogen-bond donors (Lipinski definition) is 1. The van der Waals surface area contributed by atoms with Crippen molar-refractivity contribution in [1.29, 1.82) is 0 Å². The van der Waals surface area contributed by atoms with Gasteiger partial charge >= 0.3 is 0 Å². The Morgan fingerprint density at radius 1 is 1.24 bits per heavy atom. The van der Waals surface area contributed by atoms with Crippen LogP contribution in [-0.4, -0.2) is 42.1 Å². The fourth-order valence-corrected chi connectivity index (χ4v) is 3.15. The van der Waals surface area contributed by atoms with Crippen LogP contribution >= 0.6 is 0 Å². The normalized spacial score (nSPS) is 19.9. The molecule has 1 saturated heterocycles. The molecule has 1 aliphatic heterocycles. The predicted molar refractivity (Wildman–Crippen MR) is 96.2 cm³/mol. The lowest BCUT2D eigenvalue weighted by atomic mass is 9.93. The van der Waals surface area contributed by atoms with E-state index in [1.165, 1.54) is 0 Å². The first kappa shape index (κ1) is 17.4. The summed E-state index contributed by atoms with van der Waals surface area (Å²) in [5, 5.41) is 3.15. The second kappa shape index (κ2) is 7.61. The number of ether oxygens (including phenoxy) is 1. The molecule has 0 saturated carbocycles. The van der Waals surface area contributed by atoms with E-state index in [0.29, 0.717) is 12.5 Å². The Labute approximate surface area is 148 Å². The first-order valence-electron chi connectivity index (χ1n) is 8.57. The van der Waals surface area contributed by atoms with Crippen molar-refractivity contribution in [2.45, 2.75) is 31.4 Å². The van der Waals surface area contributed by atoms with Crippen LogP contribution in [-0.2, 0) is 15.1 Å². The van der Waals surface area contributed by atoms with Crippen molar-refractivity contribution in [1.82, 2.24) is 15.3 Å². The van der Waals surface area contributed by atoms with Gasteiger partial charge in [0, 0.05) is 38.6 Å². The maximum atomic E-state index is 12.9. The number of methoxy groups -OCH3 is 1. The zero-order valence-electron chi connectivity index (χ0n) is 14.7. The zero-order valence-corrected chi connectivity index (χ0v) is 14.7. The van der Waals surface area contributed by atoms with Crippen molar-refractivity contribution >= 4 is 11.9 Å². The number of piperidine rings is 1. The highest BCUT2D eigenvalue weighted by Gasteiger charge is 2.37. The van der Waals surface area contributed by atoms with Crippen molar-refractivity contribution in [3.63, 3.8) is 0 Å². The molecule has 1 aromatic heterocycles.